The molecule has 0 aliphatic rings. The third kappa shape index (κ3) is 7.25. The van der Waals surface area contributed by atoms with E-state index in [1.807, 2.05) is 72.9 Å². The SMILES string of the molecule is N#CCCN(C(=O)CCC(=O)Nc1ccc(SCc2cccnc2)cc1)c1ccccc1. The molecule has 7 heteroatoms. The second kappa shape index (κ2) is 12.3. The first kappa shape index (κ1) is 23.0. The minimum atomic E-state index is -0.220. The van der Waals surface area contributed by atoms with Crippen LogP contribution in [-0.2, 0) is 15.3 Å². The maximum Gasteiger partial charge on any atom is 0.227 e. The summed E-state index contributed by atoms with van der Waals surface area (Å²) in [5.41, 5.74) is 2.57. The number of amides is 2. The van der Waals surface area contributed by atoms with Gasteiger partial charge in [0, 0.05) is 53.8 Å². The van der Waals surface area contributed by atoms with Crippen molar-refractivity contribution in [3.05, 3.63) is 84.7 Å². The molecule has 1 N–H and O–H groups in total. The van der Waals surface area contributed by atoms with Gasteiger partial charge in [-0.25, -0.2) is 0 Å². The minimum absolute atomic E-state index is 0.0746. The van der Waals surface area contributed by atoms with E-state index in [9.17, 15) is 9.59 Å². The van der Waals surface area contributed by atoms with Gasteiger partial charge in [-0.1, -0.05) is 24.3 Å². The molecule has 0 saturated heterocycles. The number of nitriles is 1. The van der Waals surface area contributed by atoms with Gasteiger partial charge in [0.15, 0.2) is 0 Å². The van der Waals surface area contributed by atoms with Crippen LogP contribution in [0.4, 0.5) is 11.4 Å². The average molecular weight is 445 g/mol. The molecule has 3 rings (SSSR count). The number of carbonyl (C=O) groups is 2. The van der Waals surface area contributed by atoms with E-state index in [0.717, 1.165) is 21.9 Å². The summed E-state index contributed by atoms with van der Waals surface area (Å²) in [4.78, 5) is 31.8. The van der Waals surface area contributed by atoms with Crippen LogP contribution in [0, 0.1) is 11.3 Å². The smallest absolute Gasteiger partial charge is 0.227 e. The zero-order valence-corrected chi connectivity index (χ0v) is 18.4. The quantitative estimate of drug-likeness (QED) is 0.443. The van der Waals surface area contributed by atoms with Crippen LogP contribution in [-0.4, -0.2) is 23.3 Å². The summed E-state index contributed by atoms with van der Waals surface area (Å²) in [6.07, 6.45) is 3.99. The Morgan fingerprint density at radius 1 is 1.00 bits per heavy atom. The van der Waals surface area contributed by atoms with Crippen molar-refractivity contribution in [3.8, 4) is 6.07 Å². The standard InChI is InChI=1S/C25H24N4O2S/c26-15-5-17-29(22-7-2-1-3-8-22)25(31)14-13-24(30)28-21-9-11-23(12-10-21)32-19-20-6-4-16-27-18-20/h1-4,6-12,16,18H,5,13-14,17,19H2,(H,28,30). The highest BCUT2D eigenvalue weighted by Crippen LogP contribution is 2.24. The maximum absolute atomic E-state index is 12.7. The molecular formula is C25H24N4O2S. The number of hydrogen-bond acceptors (Lipinski definition) is 5. The Morgan fingerprint density at radius 3 is 2.47 bits per heavy atom. The van der Waals surface area contributed by atoms with E-state index < -0.39 is 0 Å². The minimum Gasteiger partial charge on any atom is -0.326 e. The Labute approximate surface area is 192 Å². The van der Waals surface area contributed by atoms with Crippen LogP contribution in [0.5, 0.6) is 0 Å². The van der Waals surface area contributed by atoms with E-state index in [-0.39, 0.29) is 31.1 Å². The Balaban J connectivity index is 1.48. The van der Waals surface area contributed by atoms with E-state index in [1.165, 1.54) is 0 Å². The number of para-hydroxylation sites is 1. The van der Waals surface area contributed by atoms with Gasteiger partial charge in [0.05, 0.1) is 12.5 Å². The molecule has 0 fully saturated rings. The van der Waals surface area contributed by atoms with Crippen LogP contribution in [0.15, 0.2) is 84.0 Å². The summed E-state index contributed by atoms with van der Waals surface area (Å²) in [5.74, 6) is 0.428. The average Bonchev–Trinajstić information content (AvgIpc) is 2.84. The van der Waals surface area contributed by atoms with Crippen molar-refractivity contribution in [2.75, 3.05) is 16.8 Å². The molecule has 0 aliphatic heterocycles. The summed E-state index contributed by atoms with van der Waals surface area (Å²) in [5, 5.41) is 11.7. The predicted octanol–water partition coefficient (Wildman–Crippen LogP) is 5.04. The lowest BCUT2D eigenvalue weighted by molar-refractivity contribution is -0.122. The molecule has 0 spiro atoms. The van der Waals surface area contributed by atoms with Crippen LogP contribution < -0.4 is 10.2 Å². The van der Waals surface area contributed by atoms with Gasteiger partial charge in [0.1, 0.15) is 0 Å². The van der Waals surface area contributed by atoms with Crippen LogP contribution in [0.1, 0.15) is 24.8 Å². The van der Waals surface area contributed by atoms with Crippen molar-refractivity contribution in [2.24, 2.45) is 0 Å². The monoisotopic (exact) mass is 444 g/mol. The predicted molar refractivity (Wildman–Crippen MR) is 127 cm³/mol. The topological polar surface area (TPSA) is 86.1 Å². The summed E-state index contributed by atoms with van der Waals surface area (Å²) in [7, 11) is 0. The first-order valence-electron chi connectivity index (χ1n) is 10.3. The number of anilines is 2. The molecule has 1 aromatic heterocycles. The van der Waals surface area contributed by atoms with Gasteiger partial charge in [-0.3, -0.25) is 14.6 Å². The molecule has 0 atom stereocenters. The number of pyridine rings is 1. The van der Waals surface area contributed by atoms with Gasteiger partial charge in [-0.15, -0.1) is 11.8 Å². The number of nitrogens with one attached hydrogen (secondary N) is 1. The molecule has 162 valence electrons. The normalized spacial score (nSPS) is 10.2. The number of aromatic nitrogens is 1. The summed E-state index contributed by atoms with van der Waals surface area (Å²) < 4.78 is 0. The highest BCUT2D eigenvalue weighted by molar-refractivity contribution is 7.98. The molecular weight excluding hydrogens is 420 g/mol. The number of thioether (sulfide) groups is 1. The fourth-order valence-electron chi connectivity index (χ4n) is 3.03. The third-order valence-corrected chi connectivity index (χ3v) is 5.73. The molecule has 0 radical (unpaired) electrons. The lowest BCUT2D eigenvalue weighted by Gasteiger charge is -2.21. The lowest BCUT2D eigenvalue weighted by atomic mass is 10.2. The first-order chi connectivity index (χ1) is 15.7. The molecule has 32 heavy (non-hydrogen) atoms. The molecule has 6 nitrogen and oxygen atoms in total. The number of carbonyl (C=O) groups excluding carboxylic acids is 2. The van der Waals surface area contributed by atoms with Crippen LogP contribution >= 0.6 is 11.8 Å². The summed E-state index contributed by atoms with van der Waals surface area (Å²) in [6, 6.07) is 22.8. The molecule has 1 heterocycles. The third-order valence-electron chi connectivity index (χ3n) is 4.65. The lowest BCUT2D eigenvalue weighted by Crippen LogP contribution is -2.32. The second-order valence-corrected chi connectivity index (χ2v) is 8.06. The van der Waals surface area contributed by atoms with E-state index in [1.54, 1.807) is 22.9 Å². The zero-order valence-electron chi connectivity index (χ0n) is 17.6. The number of hydrogen-bond donors (Lipinski definition) is 1. The number of rotatable bonds is 10. The maximum atomic E-state index is 12.7. The molecule has 0 unspecified atom stereocenters. The molecule has 2 aromatic carbocycles. The van der Waals surface area contributed by atoms with Crippen LogP contribution in [0.3, 0.4) is 0 Å². The van der Waals surface area contributed by atoms with Crippen molar-refractivity contribution < 1.29 is 9.59 Å². The fourth-order valence-corrected chi connectivity index (χ4v) is 3.86. The first-order valence-corrected chi connectivity index (χ1v) is 11.3. The van der Waals surface area contributed by atoms with Gasteiger partial charge in [-0.05, 0) is 48.0 Å². The van der Waals surface area contributed by atoms with Gasteiger partial charge >= 0.3 is 0 Å². The van der Waals surface area contributed by atoms with Gasteiger partial charge in [-0.2, -0.15) is 5.26 Å². The van der Waals surface area contributed by atoms with E-state index in [4.69, 9.17) is 5.26 Å². The largest absolute Gasteiger partial charge is 0.326 e. The molecule has 0 bridgehead atoms. The van der Waals surface area contributed by atoms with E-state index in [2.05, 4.69) is 16.4 Å². The van der Waals surface area contributed by atoms with Crippen LogP contribution in [0.25, 0.3) is 0 Å². The molecule has 0 saturated carbocycles. The van der Waals surface area contributed by atoms with Crippen molar-refractivity contribution in [2.45, 2.75) is 29.9 Å². The van der Waals surface area contributed by atoms with Gasteiger partial charge in [0.25, 0.3) is 0 Å². The number of nitrogens with zero attached hydrogens (tertiary/aromatic N) is 3. The Hall–Kier alpha value is -3.63. The molecule has 2 amide bonds. The van der Waals surface area contributed by atoms with Crippen molar-refractivity contribution in [1.29, 1.82) is 5.26 Å². The zero-order chi connectivity index (χ0) is 22.6. The van der Waals surface area contributed by atoms with Crippen LogP contribution in [0.2, 0.25) is 0 Å². The Morgan fingerprint density at radius 2 is 1.78 bits per heavy atom. The van der Waals surface area contributed by atoms with E-state index in [0.29, 0.717) is 12.2 Å². The Kier molecular flexibility index (Phi) is 8.84. The second-order valence-electron chi connectivity index (χ2n) is 7.01. The van der Waals surface area contributed by atoms with E-state index >= 15 is 0 Å². The summed E-state index contributed by atoms with van der Waals surface area (Å²) >= 11 is 1.70. The van der Waals surface area contributed by atoms with Crippen molar-refractivity contribution in [3.63, 3.8) is 0 Å². The van der Waals surface area contributed by atoms with Gasteiger partial charge in [0.2, 0.25) is 11.8 Å². The highest BCUT2D eigenvalue weighted by atomic mass is 32.2. The highest BCUT2D eigenvalue weighted by Gasteiger charge is 2.16. The molecule has 0 aliphatic carbocycles. The van der Waals surface area contributed by atoms with Crippen molar-refractivity contribution in [1.82, 2.24) is 4.98 Å². The summed E-state index contributed by atoms with van der Waals surface area (Å²) in [6.45, 7) is 0.305. The van der Waals surface area contributed by atoms with Gasteiger partial charge < -0.3 is 10.2 Å². The van der Waals surface area contributed by atoms with Crippen molar-refractivity contribution >= 4 is 35.0 Å². The molecule has 3 aromatic rings. The Bertz CT molecular complexity index is 1050. The fraction of sp³-hybridized carbons (Fsp3) is 0.200. The number of benzene rings is 2.